The predicted molar refractivity (Wildman–Crippen MR) is 112 cm³/mol. The van der Waals surface area contributed by atoms with Gasteiger partial charge < -0.3 is 11.1 Å². The van der Waals surface area contributed by atoms with E-state index in [1.807, 2.05) is 19.1 Å². The van der Waals surface area contributed by atoms with Gasteiger partial charge in [0.1, 0.15) is 11.6 Å². The average molecular weight is 387 g/mol. The maximum absolute atomic E-state index is 13.2. The van der Waals surface area contributed by atoms with Crippen molar-refractivity contribution in [3.05, 3.63) is 95.3 Å². The van der Waals surface area contributed by atoms with Crippen molar-refractivity contribution >= 4 is 34.2 Å². The van der Waals surface area contributed by atoms with E-state index in [1.165, 1.54) is 28.8 Å². The molecule has 0 spiro atoms. The summed E-state index contributed by atoms with van der Waals surface area (Å²) < 4.78 is 14.5. The summed E-state index contributed by atoms with van der Waals surface area (Å²) in [5.41, 5.74) is 8.96. The maximum Gasteiger partial charge on any atom is 0.263 e. The molecule has 3 N–H and O–H groups in total. The largest absolute Gasteiger partial charge is 0.384 e. The number of fused-ring (bicyclic) bond motifs is 1. The lowest BCUT2D eigenvalue weighted by atomic mass is 10.1. The number of nitrogens with two attached hydrogens (primary N) is 1. The molecule has 1 aromatic heterocycles. The number of rotatable bonds is 3. The van der Waals surface area contributed by atoms with Crippen LogP contribution < -0.4 is 11.1 Å². The van der Waals surface area contributed by atoms with Crippen LogP contribution in [0.2, 0.25) is 0 Å². The SMILES string of the molecule is Cc1ccc(NC(=O)c2c(N)n(C(=O)c3ccc(F)cc3)c3ccccc23)cc1. The van der Waals surface area contributed by atoms with Crippen molar-refractivity contribution in [2.75, 3.05) is 11.1 Å². The standard InChI is InChI=1S/C23H18FN3O2/c1-14-6-12-17(13-7-14)26-22(28)20-18-4-2-3-5-19(18)27(21(20)25)23(29)15-8-10-16(24)11-9-15/h2-13H,25H2,1H3,(H,26,28). The molecule has 3 aromatic carbocycles. The van der Waals surface area contributed by atoms with Crippen molar-refractivity contribution in [2.24, 2.45) is 0 Å². The number of amides is 1. The molecule has 5 nitrogen and oxygen atoms in total. The average Bonchev–Trinajstić information content (AvgIpc) is 3.01. The molecule has 0 fully saturated rings. The van der Waals surface area contributed by atoms with E-state index < -0.39 is 17.6 Å². The number of hydrogen-bond acceptors (Lipinski definition) is 3. The summed E-state index contributed by atoms with van der Waals surface area (Å²) in [5.74, 6) is -1.25. The van der Waals surface area contributed by atoms with Crippen LogP contribution in [-0.4, -0.2) is 16.4 Å². The van der Waals surface area contributed by atoms with Gasteiger partial charge >= 0.3 is 0 Å². The van der Waals surface area contributed by atoms with E-state index in [2.05, 4.69) is 5.32 Å². The van der Waals surface area contributed by atoms with E-state index in [0.717, 1.165) is 5.56 Å². The van der Waals surface area contributed by atoms with Gasteiger partial charge in [-0.3, -0.25) is 14.2 Å². The van der Waals surface area contributed by atoms with E-state index in [0.29, 0.717) is 16.6 Å². The zero-order valence-electron chi connectivity index (χ0n) is 15.6. The molecule has 0 aliphatic carbocycles. The van der Waals surface area contributed by atoms with Crippen LogP contribution in [0.15, 0.2) is 72.8 Å². The fourth-order valence-corrected chi connectivity index (χ4v) is 3.27. The van der Waals surface area contributed by atoms with Gasteiger partial charge in [0.15, 0.2) is 0 Å². The Morgan fingerprint density at radius 2 is 1.59 bits per heavy atom. The van der Waals surface area contributed by atoms with Crippen LogP contribution in [0.25, 0.3) is 10.9 Å². The number of anilines is 2. The zero-order chi connectivity index (χ0) is 20.5. The number of carbonyl (C=O) groups excluding carboxylic acids is 2. The van der Waals surface area contributed by atoms with Crippen LogP contribution in [0.5, 0.6) is 0 Å². The van der Waals surface area contributed by atoms with Crippen LogP contribution in [0.1, 0.15) is 26.3 Å². The summed E-state index contributed by atoms with van der Waals surface area (Å²) in [6.07, 6.45) is 0. The van der Waals surface area contributed by atoms with Gasteiger partial charge in [0.25, 0.3) is 11.8 Å². The number of benzene rings is 3. The Balaban J connectivity index is 1.80. The molecule has 4 rings (SSSR count). The number of halogens is 1. The normalized spacial score (nSPS) is 10.8. The molecule has 1 amide bonds. The Hall–Kier alpha value is -3.93. The lowest BCUT2D eigenvalue weighted by molar-refractivity contribution is 0.0967. The van der Waals surface area contributed by atoms with E-state index in [-0.39, 0.29) is 16.9 Å². The molecule has 0 saturated heterocycles. The van der Waals surface area contributed by atoms with Crippen LogP contribution in [-0.2, 0) is 0 Å². The lowest BCUT2D eigenvalue weighted by Crippen LogP contribution is -2.18. The van der Waals surface area contributed by atoms with E-state index >= 15 is 0 Å². The third-order valence-electron chi connectivity index (χ3n) is 4.74. The first-order valence-electron chi connectivity index (χ1n) is 9.03. The molecule has 6 heteroatoms. The first kappa shape index (κ1) is 18.4. The first-order chi connectivity index (χ1) is 14.0. The maximum atomic E-state index is 13.2. The number of nitrogen functional groups attached to an aromatic ring is 1. The number of nitrogens with zero attached hydrogens (tertiary/aromatic N) is 1. The lowest BCUT2D eigenvalue weighted by Gasteiger charge is -2.08. The number of hydrogen-bond donors (Lipinski definition) is 2. The molecule has 1 heterocycles. The summed E-state index contributed by atoms with van der Waals surface area (Å²) in [5, 5.41) is 3.38. The zero-order valence-corrected chi connectivity index (χ0v) is 15.6. The molecular weight excluding hydrogens is 369 g/mol. The molecular formula is C23H18FN3O2. The minimum absolute atomic E-state index is 0.0325. The van der Waals surface area contributed by atoms with Crippen molar-refractivity contribution in [1.29, 1.82) is 0 Å². The van der Waals surface area contributed by atoms with Crippen LogP contribution >= 0.6 is 0 Å². The minimum Gasteiger partial charge on any atom is -0.384 e. The third-order valence-corrected chi connectivity index (χ3v) is 4.74. The van der Waals surface area contributed by atoms with Gasteiger partial charge in [-0.1, -0.05) is 35.9 Å². The van der Waals surface area contributed by atoms with Crippen LogP contribution in [0, 0.1) is 12.7 Å². The van der Waals surface area contributed by atoms with Gasteiger partial charge in [-0.05, 0) is 49.4 Å². The number of aromatic nitrogens is 1. The highest BCUT2D eigenvalue weighted by Gasteiger charge is 2.24. The van der Waals surface area contributed by atoms with E-state index in [1.54, 1.807) is 36.4 Å². The molecule has 0 bridgehead atoms. The smallest absolute Gasteiger partial charge is 0.263 e. The fraction of sp³-hybridized carbons (Fsp3) is 0.0435. The van der Waals surface area contributed by atoms with Crippen LogP contribution in [0.4, 0.5) is 15.9 Å². The van der Waals surface area contributed by atoms with Gasteiger partial charge in [0, 0.05) is 16.6 Å². The van der Waals surface area contributed by atoms with Crippen LogP contribution in [0.3, 0.4) is 0 Å². The second-order valence-corrected chi connectivity index (χ2v) is 6.74. The van der Waals surface area contributed by atoms with Crippen molar-refractivity contribution in [1.82, 2.24) is 4.57 Å². The molecule has 4 aromatic rings. The number of aryl methyl sites for hydroxylation is 1. The van der Waals surface area contributed by atoms with Gasteiger partial charge in [0.2, 0.25) is 0 Å². The topological polar surface area (TPSA) is 77.1 Å². The monoisotopic (exact) mass is 387 g/mol. The number of nitrogens with one attached hydrogen (secondary N) is 1. The Morgan fingerprint density at radius 3 is 2.28 bits per heavy atom. The van der Waals surface area contributed by atoms with Gasteiger partial charge in [-0.15, -0.1) is 0 Å². The molecule has 0 aliphatic rings. The molecule has 0 unspecified atom stereocenters. The Labute approximate surface area is 166 Å². The van der Waals surface area contributed by atoms with Crippen molar-refractivity contribution in [3.63, 3.8) is 0 Å². The molecule has 144 valence electrons. The second-order valence-electron chi connectivity index (χ2n) is 6.74. The Morgan fingerprint density at radius 1 is 0.931 bits per heavy atom. The highest BCUT2D eigenvalue weighted by molar-refractivity contribution is 6.19. The molecule has 0 aliphatic heterocycles. The summed E-state index contributed by atoms with van der Waals surface area (Å²) in [4.78, 5) is 26.0. The highest BCUT2D eigenvalue weighted by atomic mass is 19.1. The minimum atomic E-state index is -0.440. The first-order valence-corrected chi connectivity index (χ1v) is 9.03. The molecule has 29 heavy (non-hydrogen) atoms. The summed E-state index contributed by atoms with van der Waals surface area (Å²) in [6, 6.07) is 19.6. The van der Waals surface area contributed by atoms with Crippen molar-refractivity contribution in [2.45, 2.75) is 6.92 Å². The predicted octanol–water partition coefficient (Wildman–Crippen LogP) is 4.61. The summed E-state index contributed by atoms with van der Waals surface area (Å²) in [7, 11) is 0. The van der Waals surface area contributed by atoms with Crippen molar-refractivity contribution in [3.8, 4) is 0 Å². The van der Waals surface area contributed by atoms with Crippen molar-refractivity contribution < 1.29 is 14.0 Å². The van der Waals surface area contributed by atoms with Gasteiger partial charge in [-0.2, -0.15) is 0 Å². The summed E-state index contributed by atoms with van der Waals surface area (Å²) >= 11 is 0. The number of carbonyl (C=O) groups is 2. The summed E-state index contributed by atoms with van der Waals surface area (Å²) in [6.45, 7) is 1.96. The van der Waals surface area contributed by atoms with E-state index in [4.69, 9.17) is 5.73 Å². The molecule has 0 saturated carbocycles. The second kappa shape index (κ2) is 7.24. The quantitative estimate of drug-likeness (QED) is 0.539. The molecule has 0 radical (unpaired) electrons. The molecule has 0 atom stereocenters. The number of para-hydroxylation sites is 1. The Kier molecular flexibility index (Phi) is 4.60. The van der Waals surface area contributed by atoms with Gasteiger partial charge in [-0.25, -0.2) is 4.39 Å². The van der Waals surface area contributed by atoms with E-state index in [9.17, 15) is 14.0 Å². The van der Waals surface area contributed by atoms with Gasteiger partial charge in [0.05, 0.1) is 11.1 Å². The Bertz CT molecular complexity index is 1230. The third kappa shape index (κ3) is 3.36. The fourth-order valence-electron chi connectivity index (χ4n) is 3.27. The highest BCUT2D eigenvalue weighted by Crippen LogP contribution is 2.30.